The number of halogens is 1. The number of hydrogen-bond donors (Lipinski definition) is 0. The molecule has 39 valence electrons. The van der Waals surface area contributed by atoms with Crippen LogP contribution in [0.15, 0.2) is 11.6 Å². The third-order valence-corrected chi connectivity index (χ3v) is 0.552. The fraction of sp³-hybridized carbons (Fsp3) is 0.250. The van der Waals surface area contributed by atoms with Crippen LogP contribution in [0.25, 0.3) is 0 Å². The minimum atomic E-state index is -1.11. The van der Waals surface area contributed by atoms with Crippen molar-refractivity contribution >= 4 is 17.6 Å². The lowest BCUT2D eigenvalue weighted by atomic mass is 10.4. The van der Waals surface area contributed by atoms with E-state index in [2.05, 4.69) is 0 Å². The highest BCUT2D eigenvalue weighted by molar-refractivity contribution is 6.25. The topological polar surface area (TPSA) is 37.0 Å². The van der Waals surface area contributed by atoms with E-state index in [0.29, 0.717) is 0 Å². The third kappa shape index (κ3) is 5.50. The summed E-state index contributed by atoms with van der Waals surface area (Å²) < 4.78 is 0. The van der Waals surface area contributed by atoms with Crippen LogP contribution in [0, 0.1) is 0 Å². The van der Waals surface area contributed by atoms with Crippen molar-refractivity contribution in [2.75, 3.05) is 0 Å². The van der Waals surface area contributed by atoms with E-state index < -0.39 is 5.97 Å². The minimum absolute atomic E-state index is 0.108. The molecule has 0 N–H and O–H groups in total. The van der Waals surface area contributed by atoms with Gasteiger partial charge in [0.2, 0.25) is 0 Å². The smallest absolute Gasteiger partial charge is 0.247 e. The van der Waals surface area contributed by atoms with E-state index in [-0.39, 0.29) is 6.42 Å². The Bertz CT molecular complexity index is 87.7. The molecule has 0 bridgehead atoms. The highest BCUT2D eigenvalue weighted by Crippen LogP contribution is 1.84. The molecule has 0 saturated heterocycles. The zero-order chi connectivity index (χ0) is 5.70. The van der Waals surface area contributed by atoms with E-state index in [1.165, 1.54) is 6.08 Å². The average Bonchev–Trinajstić information content (AvgIpc) is 1.61. The van der Waals surface area contributed by atoms with Gasteiger partial charge in [-0.25, -0.2) is 9.90 Å². The van der Waals surface area contributed by atoms with Gasteiger partial charge in [-0.05, 0) is 0 Å². The summed E-state index contributed by atoms with van der Waals surface area (Å²) in [5.41, 5.74) is 1.15. The summed E-state index contributed by atoms with van der Waals surface area (Å²) in [4.78, 5) is 9.54. The molecule has 0 aromatic carbocycles. The Morgan fingerprint density at radius 1 is 1.71 bits per heavy atom. The Kier molecular flexibility index (Phi) is 3.42. The van der Waals surface area contributed by atoms with Crippen molar-refractivity contribution < 1.29 is 9.90 Å². The summed E-state index contributed by atoms with van der Waals surface area (Å²) in [6.07, 6.45) is 1.19. The van der Waals surface area contributed by atoms with Crippen molar-refractivity contribution in [3.63, 3.8) is 0 Å². The molecule has 0 heterocycles. The fourth-order valence-electron chi connectivity index (χ4n) is 0.141. The molecule has 0 amide bonds. The van der Waals surface area contributed by atoms with Crippen molar-refractivity contribution in [2.24, 2.45) is 0 Å². The zero-order valence-electron chi connectivity index (χ0n) is 3.56. The normalized spacial score (nSPS) is 9.86. The van der Waals surface area contributed by atoms with Gasteiger partial charge in [0.25, 0.3) is 0 Å². The van der Waals surface area contributed by atoms with Gasteiger partial charge < -0.3 is 0 Å². The lowest BCUT2D eigenvalue weighted by Gasteiger charge is -1.71. The first-order valence-corrected chi connectivity index (χ1v) is 2.16. The molecule has 0 fully saturated rings. The first-order valence-electron chi connectivity index (χ1n) is 1.72. The van der Waals surface area contributed by atoms with Gasteiger partial charge >= 0.3 is 5.97 Å². The second-order valence-corrected chi connectivity index (χ2v) is 1.19. The second-order valence-electron chi connectivity index (χ2n) is 0.938. The van der Waals surface area contributed by atoms with E-state index >= 15 is 0 Å². The van der Waals surface area contributed by atoms with Gasteiger partial charge in [0.05, 0.1) is 6.42 Å². The maximum absolute atomic E-state index is 9.54. The molecule has 0 aliphatic carbocycles. The highest BCUT2D eigenvalue weighted by atomic mass is 35.5. The van der Waals surface area contributed by atoms with Gasteiger partial charge in [-0.15, -0.1) is 0 Å². The summed E-state index contributed by atoms with van der Waals surface area (Å²) in [5.74, 6) is -1.11. The van der Waals surface area contributed by atoms with Crippen molar-refractivity contribution in [2.45, 2.75) is 6.42 Å². The quantitative estimate of drug-likeness (QED) is 0.536. The second kappa shape index (κ2) is 3.68. The molecule has 7 heavy (non-hydrogen) atoms. The lowest BCUT2D eigenvalue weighted by Crippen LogP contribution is -1.85. The SMILES string of the molecule is [O]C(=O)CC=CCl. The van der Waals surface area contributed by atoms with Crippen LogP contribution in [-0.2, 0) is 9.90 Å². The number of hydrogen-bond acceptors (Lipinski definition) is 1. The van der Waals surface area contributed by atoms with Crippen LogP contribution in [0.2, 0.25) is 0 Å². The zero-order valence-corrected chi connectivity index (χ0v) is 4.31. The highest BCUT2D eigenvalue weighted by Gasteiger charge is 1.90. The fourth-order valence-corrected chi connectivity index (χ4v) is 0.230. The number of rotatable bonds is 2. The van der Waals surface area contributed by atoms with Gasteiger partial charge in [0.1, 0.15) is 0 Å². The first-order chi connectivity index (χ1) is 3.27. The summed E-state index contributed by atoms with van der Waals surface area (Å²) in [6.45, 7) is 0. The van der Waals surface area contributed by atoms with Gasteiger partial charge in [-0.1, -0.05) is 17.7 Å². The van der Waals surface area contributed by atoms with Crippen LogP contribution in [0.5, 0.6) is 0 Å². The van der Waals surface area contributed by atoms with Crippen LogP contribution in [0.4, 0.5) is 0 Å². The van der Waals surface area contributed by atoms with E-state index in [1.807, 2.05) is 0 Å². The Morgan fingerprint density at radius 2 is 2.29 bits per heavy atom. The predicted molar refractivity (Wildman–Crippen MR) is 25.3 cm³/mol. The van der Waals surface area contributed by atoms with Gasteiger partial charge in [0, 0.05) is 5.54 Å². The molecule has 0 aliphatic heterocycles. The molecular formula is C4H4ClO2. The van der Waals surface area contributed by atoms with Crippen LogP contribution in [0.3, 0.4) is 0 Å². The average molecular weight is 120 g/mol. The van der Waals surface area contributed by atoms with E-state index in [0.717, 1.165) is 5.54 Å². The molecular weight excluding hydrogens is 115 g/mol. The summed E-state index contributed by atoms with van der Waals surface area (Å²) >= 11 is 4.97. The number of carbonyl (C=O) groups excluding carboxylic acids is 1. The maximum Gasteiger partial charge on any atom is 0.359 e. The molecule has 0 aromatic heterocycles. The van der Waals surface area contributed by atoms with Gasteiger partial charge in [-0.3, -0.25) is 0 Å². The predicted octanol–water partition coefficient (Wildman–Crippen LogP) is 1.09. The van der Waals surface area contributed by atoms with Crippen LogP contribution in [-0.4, -0.2) is 5.97 Å². The summed E-state index contributed by atoms with van der Waals surface area (Å²) in [7, 11) is 0. The Hall–Kier alpha value is -0.500. The molecule has 0 saturated carbocycles. The van der Waals surface area contributed by atoms with Crippen LogP contribution < -0.4 is 0 Å². The van der Waals surface area contributed by atoms with Gasteiger partial charge in [-0.2, -0.15) is 0 Å². The number of carbonyl (C=O) groups is 1. The van der Waals surface area contributed by atoms with Crippen molar-refractivity contribution in [3.8, 4) is 0 Å². The minimum Gasteiger partial charge on any atom is -0.247 e. The summed E-state index contributed by atoms with van der Waals surface area (Å²) in [5, 5.41) is 9.54. The lowest BCUT2D eigenvalue weighted by molar-refractivity contribution is -0.142. The Balaban J connectivity index is 3.14. The molecule has 2 nitrogen and oxygen atoms in total. The largest absolute Gasteiger partial charge is 0.359 e. The molecule has 0 atom stereocenters. The molecule has 0 aliphatic rings. The monoisotopic (exact) mass is 119 g/mol. The van der Waals surface area contributed by atoms with Gasteiger partial charge in [0.15, 0.2) is 0 Å². The van der Waals surface area contributed by atoms with Crippen LogP contribution >= 0.6 is 11.6 Å². The van der Waals surface area contributed by atoms with Crippen molar-refractivity contribution in [1.29, 1.82) is 0 Å². The van der Waals surface area contributed by atoms with Crippen LogP contribution in [0.1, 0.15) is 6.42 Å². The van der Waals surface area contributed by atoms with Crippen molar-refractivity contribution in [1.82, 2.24) is 0 Å². The molecule has 1 radical (unpaired) electrons. The summed E-state index contributed by atoms with van der Waals surface area (Å²) in [6, 6.07) is 0. The van der Waals surface area contributed by atoms with E-state index in [4.69, 9.17) is 11.6 Å². The Morgan fingerprint density at radius 3 is 2.43 bits per heavy atom. The third-order valence-electron chi connectivity index (χ3n) is 0.374. The standard InChI is InChI=1S/C4H4ClO2/c5-3-1-2-4(6)7/h1,3H,2H2. The maximum atomic E-state index is 9.54. The molecule has 0 spiro atoms. The van der Waals surface area contributed by atoms with Crippen molar-refractivity contribution in [3.05, 3.63) is 11.6 Å². The molecule has 0 aromatic rings. The first kappa shape index (κ1) is 6.50. The molecule has 3 heteroatoms. The Labute approximate surface area is 46.4 Å². The molecule has 0 unspecified atom stereocenters. The molecule has 0 rings (SSSR count). The van der Waals surface area contributed by atoms with E-state index in [1.54, 1.807) is 0 Å². The van der Waals surface area contributed by atoms with E-state index in [9.17, 15) is 9.90 Å².